The van der Waals surface area contributed by atoms with Gasteiger partial charge in [0.15, 0.2) is 14.5 Å². The molecule has 1 saturated heterocycles. The highest BCUT2D eigenvalue weighted by Crippen LogP contribution is 2.51. The van der Waals surface area contributed by atoms with Crippen LogP contribution in [0, 0.1) is 11.3 Å². The van der Waals surface area contributed by atoms with Gasteiger partial charge in [0.25, 0.3) is 26.2 Å². The molecule has 0 bridgehead atoms. The molecule has 2 aliphatic rings. The maximum atomic E-state index is 13.9. The molecule has 340 valence electrons. The number of anilines is 1. The number of amides is 4. The number of nitrogens with zero attached hydrogens (tertiary/aromatic N) is 6. The second-order valence-electron chi connectivity index (χ2n) is 17.5. The molecular formula is C44H60N7O10PSi. The lowest BCUT2D eigenvalue weighted by Gasteiger charge is -2.42. The van der Waals surface area contributed by atoms with Crippen molar-refractivity contribution in [1.29, 1.82) is 5.26 Å². The molecule has 3 heterocycles. The Morgan fingerprint density at radius 3 is 2.14 bits per heavy atom. The van der Waals surface area contributed by atoms with Crippen molar-refractivity contribution in [3.8, 4) is 6.07 Å². The average Bonchev–Trinajstić information content (AvgIpc) is 3.67. The molecule has 0 saturated carbocycles. The first kappa shape index (κ1) is 49.3. The molecule has 1 N–H and O–H groups in total. The molecule has 0 spiro atoms. The summed E-state index contributed by atoms with van der Waals surface area (Å²) >= 11 is 0. The SMILES string of the molecule is CC(C)N(C(C)C)P(OCCC#N)OC1[C@@H](COCCN(C)C(=O)CN2C(=O)c3ccccc3C2=O)O[C@@H](n2ccc(NC(=O)c3ccccc3)nc2=O)[C@H]1O[Si](C)(C)C(C)(C)C. The van der Waals surface area contributed by atoms with E-state index < -0.39 is 77.2 Å². The van der Waals surface area contributed by atoms with Gasteiger partial charge in [0, 0.05) is 37.4 Å². The number of ether oxygens (including phenoxy) is 2. The van der Waals surface area contributed by atoms with Crippen LogP contribution in [-0.2, 0) is 27.7 Å². The van der Waals surface area contributed by atoms with E-state index in [2.05, 4.69) is 54.9 Å². The van der Waals surface area contributed by atoms with Crippen LogP contribution in [0.25, 0.3) is 0 Å². The minimum Gasteiger partial charge on any atom is -0.407 e. The number of hydrogen-bond acceptors (Lipinski definition) is 13. The average molecular weight is 906 g/mol. The normalized spacial score (nSPS) is 19.5. The highest BCUT2D eigenvalue weighted by Gasteiger charge is 2.53. The lowest BCUT2D eigenvalue weighted by molar-refractivity contribution is -0.131. The summed E-state index contributed by atoms with van der Waals surface area (Å²) in [6.45, 7) is 18.4. The standard InChI is InChI=1S/C44H60N7O10PSi/c1-29(2)51(30(3)4)62(58-25-16-22-45)60-37-34(28-57-26-24-48(8)36(52)27-50-40(54)32-19-14-15-20-33(32)41(50)55)59-42(38(37)61-63(9,10)44(5,6)7)49-23-21-35(47-43(49)56)46-39(53)31-17-12-11-13-18-31/h11-15,17-21,23,29-30,34,37-38,42H,16,24-28H2,1-10H3,(H,46,47,53,56)/t34-,37?,38+,42-,62?/m1/s1. The van der Waals surface area contributed by atoms with Crippen molar-refractivity contribution >= 4 is 46.3 Å². The molecule has 63 heavy (non-hydrogen) atoms. The predicted molar refractivity (Wildman–Crippen MR) is 239 cm³/mol. The maximum Gasteiger partial charge on any atom is 0.351 e. The fourth-order valence-electron chi connectivity index (χ4n) is 6.85. The molecular weight excluding hydrogens is 846 g/mol. The number of carbonyl (C=O) groups is 4. The smallest absolute Gasteiger partial charge is 0.351 e. The van der Waals surface area contributed by atoms with Crippen molar-refractivity contribution < 1.29 is 42.1 Å². The zero-order valence-electron chi connectivity index (χ0n) is 37.8. The van der Waals surface area contributed by atoms with E-state index in [1.807, 2.05) is 27.7 Å². The Balaban J connectivity index is 1.42. The van der Waals surface area contributed by atoms with E-state index in [-0.39, 0.29) is 66.9 Å². The number of nitrogens with one attached hydrogen (secondary N) is 1. The van der Waals surface area contributed by atoms with Crippen LogP contribution in [0.1, 0.15) is 92.2 Å². The third kappa shape index (κ3) is 11.9. The number of benzene rings is 2. The molecule has 1 aromatic heterocycles. The van der Waals surface area contributed by atoms with Gasteiger partial charge in [-0.3, -0.25) is 28.6 Å². The van der Waals surface area contributed by atoms with E-state index in [1.54, 1.807) is 61.6 Å². The van der Waals surface area contributed by atoms with Crippen molar-refractivity contribution in [3.05, 3.63) is 94.0 Å². The third-order valence-corrected chi connectivity index (χ3v) is 17.8. The Labute approximate surface area is 371 Å². The molecule has 19 heteroatoms. The molecule has 1 fully saturated rings. The first-order valence-electron chi connectivity index (χ1n) is 21.1. The van der Waals surface area contributed by atoms with Gasteiger partial charge in [-0.1, -0.05) is 51.1 Å². The number of carbonyl (C=O) groups excluding carboxylic acids is 4. The van der Waals surface area contributed by atoms with Gasteiger partial charge in [-0.2, -0.15) is 10.2 Å². The molecule has 17 nitrogen and oxygen atoms in total. The Kier molecular flexibility index (Phi) is 16.7. The highest BCUT2D eigenvalue weighted by molar-refractivity contribution is 7.44. The summed E-state index contributed by atoms with van der Waals surface area (Å²) in [6.07, 6.45) is -2.05. The first-order valence-corrected chi connectivity index (χ1v) is 25.1. The summed E-state index contributed by atoms with van der Waals surface area (Å²) in [6, 6.07) is 18.6. The number of aromatic nitrogens is 2. The Morgan fingerprint density at radius 2 is 1.57 bits per heavy atom. The van der Waals surface area contributed by atoms with Crippen LogP contribution in [0.4, 0.5) is 5.82 Å². The van der Waals surface area contributed by atoms with Crippen LogP contribution >= 0.6 is 8.53 Å². The maximum absolute atomic E-state index is 13.9. The van der Waals surface area contributed by atoms with Crippen LogP contribution in [-0.4, -0.2) is 126 Å². The monoisotopic (exact) mass is 905 g/mol. The van der Waals surface area contributed by atoms with Gasteiger partial charge in [0.1, 0.15) is 30.7 Å². The number of hydrogen-bond donors (Lipinski definition) is 1. The van der Waals surface area contributed by atoms with E-state index in [1.165, 1.54) is 21.7 Å². The number of fused-ring (bicyclic) bond motifs is 1. The summed E-state index contributed by atoms with van der Waals surface area (Å²) in [4.78, 5) is 72.5. The zero-order valence-corrected chi connectivity index (χ0v) is 39.7. The lowest BCUT2D eigenvalue weighted by Crippen LogP contribution is -2.50. The molecule has 5 rings (SSSR count). The number of likely N-dealkylation sites (N-methyl/N-ethyl adjacent to an activating group) is 1. The molecule has 2 aromatic carbocycles. The van der Waals surface area contributed by atoms with Crippen LogP contribution in [0.2, 0.25) is 18.1 Å². The summed E-state index contributed by atoms with van der Waals surface area (Å²) < 4.78 is 36.8. The van der Waals surface area contributed by atoms with Gasteiger partial charge in [-0.25, -0.2) is 9.46 Å². The van der Waals surface area contributed by atoms with E-state index in [0.29, 0.717) is 5.56 Å². The summed E-state index contributed by atoms with van der Waals surface area (Å²) in [5.41, 5.74) is 0.219. The van der Waals surface area contributed by atoms with Gasteiger partial charge in [0.05, 0.1) is 43.4 Å². The predicted octanol–water partition coefficient (Wildman–Crippen LogP) is 6.22. The van der Waals surface area contributed by atoms with Crippen LogP contribution < -0.4 is 11.0 Å². The fourth-order valence-corrected chi connectivity index (χ4v) is 9.91. The second kappa shape index (κ2) is 21.3. The highest BCUT2D eigenvalue weighted by atomic mass is 31.2. The number of imide groups is 1. The topological polar surface area (TPSA) is 195 Å². The molecule has 2 aliphatic heterocycles. The Morgan fingerprint density at radius 1 is 0.952 bits per heavy atom. The lowest BCUT2D eigenvalue weighted by atomic mass is 10.1. The third-order valence-electron chi connectivity index (χ3n) is 11.2. The van der Waals surface area contributed by atoms with Crippen molar-refractivity contribution in [2.45, 2.75) is 110 Å². The van der Waals surface area contributed by atoms with E-state index in [4.69, 9.17) is 22.9 Å². The summed E-state index contributed by atoms with van der Waals surface area (Å²) in [5.74, 6) is -1.87. The van der Waals surface area contributed by atoms with Gasteiger partial charge in [-0.05, 0) is 76.2 Å². The molecule has 2 unspecified atom stereocenters. The van der Waals surface area contributed by atoms with Crippen molar-refractivity contribution in [1.82, 2.24) is 24.0 Å². The fraction of sp³-hybridized carbons (Fsp3) is 0.523. The molecule has 5 atom stereocenters. The summed E-state index contributed by atoms with van der Waals surface area (Å²) in [7, 11) is -2.92. The minimum atomic E-state index is -2.65. The van der Waals surface area contributed by atoms with E-state index in [9.17, 15) is 29.2 Å². The zero-order chi connectivity index (χ0) is 46.2. The number of nitriles is 1. The van der Waals surface area contributed by atoms with Crippen molar-refractivity contribution in [2.24, 2.45) is 0 Å². The van der Waals surface area contributed by atoms with Crippen LogP contribution in [0.5, 0.6) is 0 Å². The quantitative estimate of drug-likeness (QED) is 0.0582. The van der Waals surface area contributed by atoms with Gasteiger partial charge < -0.3 is 33.2 Å². The van der Waals surface area contributed by atoms with Gasteiger partial charge in [0.2, 0.25) is 5.91 Å². The second-order valence-corrected chi connectivity index (χ2v) is 23.6. The largest absolute Gasteiger partial charge is 0.407 e. The Bertz CT molecular complexity index is 2150. The number of rotatable bonds is 20. The first-order chi connectivity index (χ1) is 29.7. The van der Waals surface area contributed by atoms with Crippen LogP contribution in [0.15, 0.2) is 71.7 Å². The molecule has 0 radical (unpaired) electrons. The van der Waals surface area contributed by atoms with Crippen molar-refractivity contribution in [3.63, 3.8) is 0 Å². The van der Waals surface area contributed by atoms with Gasteiger partial charge in [-0.15, -0.1) is 0 Å². The van der Waals surface area contributed by atoms with E-state index in [0.717, 1.165) is 4.90 Å². The van der Waals surface area contributed by atoms with E-state index >= 15 is 0 Å². The molecule has 4 amide bonds. The van der Waals surface area contributed by atoms with Crippen molar-refractivity contribution in [2.75, 3.05) is 45.3 Å². The molecule has 0 aliphatic carbocycles. The molecule has 3 aromatic rings. The Hall–Kier alpha value is -4.70. The summed E-state index contributed by atoms with van der Waals surface area (Å²) in [5, 5.41) is 11.8. The van der Waals surface area contributed by atoms with Gasteiger partial charge >= 0.3 is 5.69 Å². The minimum absolute atomic E-state index is 0.0235. The van der Waals surface area contributed by atoms with Crippen LogP contribution in [0.3, 0.4) is 0 Å².